The second kappa shape index (κ2) is 10.5. The maximum Gasteiger partial charge on any atom is 0.403 e. The number of anilines is 1. The van der Waals surface area contributed by atoms with Gasteiger partial charge in [0.1, 0.15) is 5.41 Å². The van der Waals surface area contributed by atoms with Crippen LogP contribution in [0, 0.1) is 11.3 Å². The number of rotatable bonds is 10. The molecule has 39 heavy (non-hydrogen) atoms. The molecule has 0 unspecified atom stereocenters. The molecular formula is C25H27F5N4O5. The summed E-state index contributed by atoms with van der Waals surface area (Å²) in [6, 6.07) is 0.464. The smallest absolute Gasteiger partial charge is 0.353 e. The van der Waals surface area contributed by atoms with E-state index in [1.807, 2.05) is 5.32 Å². The maximum absolute atomic E-state index is 13.4. The lowest BCUT2D eigenvalue weighted by atomic mass is 9.93. The summed E-state index contributed by atoms with van der Waals surface area (Å²) in [5.74, 6) is -5.82. The Morgan fingerprint density at radius 2 is 1.79 bits per heavy atom. The molecule has 4 amide bonds. The molecule has 4 rings (SSSR count). The Kier molecular flexibility index (Phi) is 7.68. The lowest BCUT2D eigenvalue weighted by Gasteiger charge is -2.22. The Balaban J connectivity index is 1.60. The Morgan fingerprint density at radius 3 is 2.31 bits per heavy atom. The number of halogens is 5. The zero-order chi connectivity index (χ0) is 28.7. The summed E-state index contributed by atoms with van der Waals surface area (Å²) in [6.07, 6.45) is -7.47. The quantitative estimate of drug-likeness (QED) is 0.259. The highest BCUT2D eigenvalue weighted by Crippen LogP contribution is 2.58. The van der Waals surface area contributed by atoms with E-state index in [1.165, 1.54) is 0 Å². The van der Waals surface area contributed by atoms with Crippen molar-refractivity contribution < 1.29 is 45.9 Å². The van der Waals surface area contributed by atoms with E-state index >= 15 is 0 Å². The van der Waals surface area contributed by atoms with E-state index in [-0.39, 0.29) is 18.5 Å². The molecule has 3 fully saturated rings. The zero-order valence-electron chi connectivity index (χ0n) is 20.8. The Bertz CT molecular complexity index is 1200. The zero-order valence-corrected chi connectivity index (χ0v) is 20.8. The van der Waals surface area contributed by atoms with Crippen LogP contribution in [0.4, 0.5) is 27.6 Å². The molecule has 1 aliphatic heterocycles. The molecule has 1 heterocycles. The number of nitrogens with one attached hydrogen (secondary N) is 4. The van der Waals surface area contributed by atoms with Crippen LogP contribution in [0.2, 0.25) is 0 Å². The van der Waals surface area contributed by atoms with Gasteiger partial charge < -0.3 is 21.3 Å². The largest absolute Gasteiger partial charge is 0.403 e. The number of Topliss-reactive ketones (excluding diaryl/α,β-unsaturated/α-hetero) is 1. The van der Waals surface area contributed by atoms with E-state index in [0.29, 0.717) is 25.3 Å². The topological polar surface area (TPSA) is 133 Å². The molecule has 1 aromatic carbocycles. The number of alkyl halides is 5. The summed E-state index contributed by atoms with van der Waals surface area (Å²) < 4.78 is 67.1. The minimum Gasteiger partial charge on any atom is -0.353 e. The molecule has 0 bridgehead atoms. The van der Waals surface area contributed by atoms with Gasteiger partial charge in [0.05, 0.1) is 17.3 Å². The van der Waals surface area contributed by atoms with Crippen LogP contribution in [-0.4, -0.2) is 53.7 Å². The van der Waals surface area contributed by atoms with E-state index in [0.717, 1.165) is 12.1 Å². The van der Waals surface area contributed by atoms with Gasteiger partial charge in [0.15, 0.2) is 0 Å². The minimum atomic E-state index is -4.85. The van der Waals surface area contributed by atoms with Crippen LogP contribution in [0.25, 0.3) is 0 Å². The van der Waals surface area contributed by atoms with Gasteiger partial charge in [-0.15, -0.1) is 0 Å². The highest BCUT2D eigenvalue weighted by Gasteiger charge is 2.68. The maximum atomic E-state index is 13.4. The monoisotopic (exact) mass is 558 g/mol. The average molecular weight is 559 g/mol. The van der Waals surface area contributed by atoms with Gasteiger partial charge in [0.2, 0.25) is 17.6 Å². The van der Waals surface area contributed by atoms with E-state index in [4.69, 9.17) is 0 Å². The van der Waals surface area contributed by atoms with Crippen LogP contribution < -0.4 is 21.3 Å². The normalized spacial score (nSPS) is 22.6. The molecule has 2 aliphatic carbocycles. The van der Waals surface area contributed by atoms with Crippen LogP contribution in [0.1, 0.15) is 67.8 Å². The van der Waals surface area contributed by atoms with E-state index in [9.17, 15) is 45.9 Å². The third kappa shape index (κ3) is 6.19. The molecule has 1 aromatic rings. The van der Waals surface area contributed by atoms with Gasteiger partial charge >= 0.3 is 6.18 Å². The van der Waals surface area contributed by atoms with Crippen molar-refractivity contribution in [2.75, 3.05) is 5.32 Å². The number of carbonyl (C=O) groups is 5. The third-order valence-electron chi connectivity index (χ3n) is 7.19. The molecule has 4 N–H and O–H groups in total. The van der Waals surface area contributed by atoms with E-state index in [2.05, 4.69) is 16.0 Å². The lowest BCUT2D eigenvalue weighted by molar-refractivity contribution is -0.189. The number of benzene rings is 1. The lowest BCUT2D eigenvalue weighted by Crippen LogP contribution is -2.49. The number of hydrogen-bond donors (Lipinski definition) is 4. The fourth-order valence-electron chi connectivity index (χ4n) is 4.55. The molecule has 14 heteroatoms. The van der Waals surface area contributed by atoms with Crippen LogP contribution in [-0.2, 0) is 19.2 Å². The summed E-state index contributed by atoms with van der Waals surface area (Å²) in [5.41, 5.74) is -4.40. The fourth-order valence-corrected chi connectivity index (χ4v) is 4.55. The van der Waals surface area contributed by atoms with Crippen molar-refractivity contribution in [3.63, 3.8) is 0 Å². The number of hydrogen-bond acceptors (Lipinski definition) is 5. The summed E-state index contributed by atoms with van der Waals surface area (Å²) >= 11 is 0. The predicted molar refractivity (Wildman–Crippen MR) is 126 cm³/mol. The highest BCUT2D eigenvalue weighted by atomic mass is 19.4. The number of ketones is 1. The Labute approximate surface area is 219 Å². The standard InChI is InChI=1S/C25H27F5N4O5/c1-11-8-13(20(36)31-11)10-17(18(35)22(38)32-14-3-4-14)33-21(37)15-9-12(19(26)27)2-5-16(15)34-23(39)24(6-7-24)25(28,29)30/h2,5,9,11,13-14,17,19H,3-4,6-8,10H2,1H3,(H,31,36)(H,32,38)(H,33,37)(H,34,39)/t11-,13+,17+/m1/s1. The number of carbonyl (C=O) groups excluding carboxylic acids is 5. The summed E-state index contributed by atoms with van der Waals surface area (Å²) in [4.78, 5) is 63.5. The van der Waals surface area contributed by atoms with E-state index in [1.54, 1.807) is 6.92 Å². The first-order valence-electron chi connectivity index (χ1n) is 12.5. The average Bonchev–Trinajstić information content (AvgIpc) is 3.77. The van der Waals surface area contributed by atoms with Crippen molar-refractivity contribution >= 4 is 35.1 Å². The van der Waals surface area contributed by atoms with Crippen LogP contribution in [0.15, 0.2) is 18.2 Å². The molecule has 3 aliphatic rings. The van der Waals surface area contributed by atoms with Crippen molar-refractivity contribution in [2.24, 2.45) is 11.3 Å². The van der Waals surface area contributed by atoms with Crippen LogP contribution in [0.5, 0.6) is 0 Å². The first-order chi connectivity index (χ1) is 18.2. The Hall–Kier alpha value is -3.58. The van der Waals surface area contributed by atoms with Crippen molar-refractivity contribution in [3.05, 3.63) is 29.3 Å². The summed E-state index contributed by atoms with van der Waals surface area (Å²) in [7, 11) is 0. The highest BCUT2D eigenvalue weighted by molar-refractivity contribution is 6.38. The van der Waals surface area contributed by atoms with Crippen LogP contribution in [0.3, 0.4) is 0 Å². The third-order valence-corrected chi connectivity index (χ3v) is 7.19. The van der Waals surface area contributed by atoms with E-state index < -0.39 is 89.0 Å². The first-order valence-corrected chi connectivity index (χ1v) is 12.5. The molecule has 0 radical (unpaired) electrons. The second-order valence-corrected chi connectivity index (χ2v) is 10.4. The fraction of sp³-hybridized carbons (Fsp3) is 0.560. The van der Waals surface area contributed by atoms with Crippen molar-refractivity contribution in [1.29, 1.82) is 0 Å². The second-order valence-electron chi connectivity index (χ2n) is 10.4. The number of amides is 4. The van der Waals surface area contributed by atoms with Crippen molar-refractivity contribution in [1.82, 2.24) is 16.0 Å². The minimum absolute atomic E-state index is 0.194. The molecule has 2 saturated carbocycles. The van der Waals surface area contributed by atoms with Gasteiger partial charge in [-0.1, -0.05) is 6.07 Å². The van der Waals surface area contributed by atoms with Crippen molar-refractivity contribution in [3.8, 4) is 0 Å². The molecular weight excluding hydrogens is 531 g/mol. The molecule has 9 nitrogen and oxygen atoms in total. The summed E-state index contributed by atoms with van der Waals surface area (Å²) in [6.45, 7) is 1.73. The van der Waals surface area contributed by atoms with Gasteiger partial charge in [-0.05, 0) is 57.6 Å². The van der Waals surface area contributed by atoms with Gasteiger partial charge in [-0.25, -0.2) is 8.78 Å². The van der Waals surface area contributed by atoms with Gasteiger partial charge in [-0.2, -0.15) is 13.2 Å². The summed E-state index contributed by atoms with van der Waals surface area (Å²) in [5, 5.41) is 9.46. The Morgan fingerprint density at radius 1 is 1.13 bits per heavy atom. The van der Waals surface area contributed by atoms with Gasteiger partial charge in [-0.3, -0.25) is 24.0 Å². The molecule has 0 aromatic heterocycles. The van der Waals surface area contributed by atoms with Gasteiger partial charge in [0, 0.05) is 23.6 Å². The SMILES string of the molecule is C[C@@H]1C[C@@H](C[C@H](NC(=O)c2cc(C(F)F)ccc2NC(=O)C2(C(F)(F)F)CC2)C(=O)C(=O)NC2CC2)C(=O)N1. The predicted octanol–water partition coefficient (Wildman–Crippen LogP) is 2.77. The molecule has 212 valence electrons. The first kappa shape index (κ1) is 28.4. The molecule has 0 spiro atoms. The molecule has 3 atom stereocenters. The van der Waals surface area contributed by atoms with Crippen LogP contribution >= 0.6 is 0 Å². The molecule has 1 saturated heterocycles. The van der Waals surface area contributed by atoms with Gasteiger partial charge in [0.25, 0.3) is 18.2 Å². The van der Waals surface area contributed by atoms with Crippen molar-refractivity contribution in [2.45, 2.75) is 76.2 Å².